The van der Waals surface area contributed by atoms with Crippen LogP contribution in [0, 0.1) is 0 Å². The topological polar surface area (TPSA) is 47.8 Å². The molecule has 76 valence electrons. The fourth-order valence-electron chi connectivity index (χ4n) is 1.32. The van der Waals surface area contributed by atoms with Crippen LogP contribution in [0.25, 0.3) is 0 Å². The van der Waals surface area contributed by atoms with Crippen LogP contribution in [0.3, 0.4) is 0 Å². The maximum atomic E-state index is 11.9. The van der Waals surface area contributed by atoms with Crippen LogP contribution in [0.15, 0.2) is 6.20 Å². The average molecular weight is 229 g/mol. The van der Waals surface area contributed by atoms with Gasteiger partial charge < -0.3 is 0 Å². The number of ketones is 1. The predicted octanol–water partition coefficient (Wildman–Crippen LogP) is 0.846. The Balaban J connectivity index is 2.11. The fourth-order valence-corrected chi connectivity index (χ4v) is 3.94. The van der Waals surface area contributed by atoms with Gasteiger partial charge in [0.25, 0.3) is 0 Å². The van der Waals surface area contributed by atoms with Crippen LogP contribution >= 0.6 is 23.5 Å². The first-order chi connectivity index (χ1) is 6.79. The summed E-state index contributed by atoms with van der Waals surface area (Å²) in [6.07, 6.45) is 1.54. The average Bonchev–Trinajstić information content (AvgIpc) is 2.65. The van der Waals surface area contributed by atoms with Gasteiger partial charge in [0.05, 0.1) is 11.4 Å². The van der Waals surface area contributed by atoms with Gasteiger partial charge in [-0.05, 0) is 0 Å². The lowest BCUT2D eigenvalue weighted by Crippen LogP contribution is -2.26. The van der Waals surface area contributed by atoms with Crippen molar-refractivity contribution in [3.05, 3.63) is 11.9 Å². The molecule has 2 heterocycles. The molecule has 0 aliphatic carbocycles. The summed E-state index contributed by atoms with van der Waals surface area (Å²) in [5.41, 5.74) is 0.616. The molecule has 0 amide bonds. The Hall–Kier alpha value is -0.490. The number of hydrogen-bond donors (Lipinski definition) is 0. The first-order valence-electron chi connectivity index (χ1n) is 4.37. The van der Waals surface area contributed by atoms with Crippen molar-refractivity contribution in [2.45, 2.75) is 5.25 Å². The molecule has 0 spiro atoms. The molecule has 1 aliphatic rings. The van der Waals surface area contributed by atoms with E-state index in [1.54, 1.807) is 29.7 Å². The Morgan fingerprint density at radius 1 is 1.64 bits per heavy atom. The summed E-state index contributed by atoms with van der Waals surface area (Å²) < 4.78 is 1.54. The number of hydrogen-bond acceptors (Lipinski definition) is 5. The molecule has 1 aromatic rings. The number of aromatic nitrogens is 3. The number of carbonyl (C=O) groups excluding carboxylic acids is 1. The summed E-state index contributed by atoms with van der Waals surface area (Å²) in [5, 5.41) is 7.56. The lowest BCUT2D eigenvalue weighted by atomic mass is 10.2. The van der Waals surface area contributed by atoms with Crippen LogP contribution in [-0.4, -0.2) is 43.3 Å². The highest BCUT2D eigenvalue weighted by Crippen LogP contribution is 2.26. The highest BCUT2D eigenvalue weighted by Gasteiger charge is 2.25. The van der Waals surface area contributed by atoms with E-state index in [1.807, 2.05) is 11.8 Å². The number of nitrogens with zero attached hydrogens (tertiary/aromatic N) is 3. The van der Waals surface area contributed by atoms with Crippen molar-refractivity contribution in [2.75, 3.05) is 17.3 Å². The van der Waals surface area contributed by atoms with E-state index in [-0.39, 0.29) is 11.0 Å². The van der Waals surface area contributed by atoms with E-state index in [2.05, 4.69) is 10.3 Å². The van der Waals surface area contributed by atoms with Gasteiger partial charge in [-0.3, -0.25) is 4.79 Å². The summed E-state index contributed by atoms with van der Waals surface area (Å²) in [6, 6.07) is 0. The highest BCUT2D eigenvalue weighted by molar-refractivity contribution is 8.07. The van der Waals surface area contributed by atoms with Gasteiger partial charge in [0.15, 0.2) is 5.78 Å². The third-order valence-electron chi connectivity index (χ3n) is 2.08. The maximum Gasteiger partial charge on any atom is 0.196 e. The second kappa shape index (κ2) is 4.35. The normalized spacial score (nSPS) is 22.2. The minimum atomic E-state index is 0.0888. The molecule has 1 aliphatic heterocycles. The van der Waals surface area contributed by atoms with Crippen molar-refractivity contribution in [3.63, 3.8) is 0 Å². The Labute approximate surface area is 90.8 Å². The van der Waals surface area contributed by atoms with Crippen molar-refractivity contribution < 1.29 is 4.79 Å². The Bertz CT molecular complexity index is 333. The standard InChI is InChI=1S/C8H11N3OS2/c1-11-6(4-9-10-11)8(12)7-5-13-2-3-14-7/h4,7H,2-3,5H2,1H3. The van der Waals surface area contributed by atoms with Crippen molar-refractivity contribution in [2.24, 2.45) is 7.05 Å². The third-order valence-corrected chi connectivity index (χ3v) is 4.83. The maximum absolute atomic E-state index is 11.9. The van der Waals surface area contributed by atoms with Crippen molar-refractivity contribution in [1.29, 1.82) is 0 Å². The zero-order valence-electron chi connectivity index (χ0n) is 7.84. The Morgan fingerprint density at radius 2 is 2.50 bits per heavy atom. The van der Waals surface area contributed by atoms with Gasteiger partial charge in [0.1, 0.15) is 5.69 Å². The van der Waals surface area contributed by atoms with E-state index < -0.39 is 0 Å². The number of Topliss-reactive ketones (excluding diaryl/α,β-unsaturated/α-hetero) is 1. The summed E-state index contributed by atoms with van der Waals surface area (Å²) in [6.45, 7) is 0. The van der Waals surface area contributed by atoms with E-state index >= 15 is 0 Å². The molecule has 6 heteroatoms. The minimum Gasteiger partial charge on any atom is -0.291 e. The van der Waals surface area contributed by atoms with Crippen LogP contribution < -0.4 is 0 Å². The number of carbonyl (C=O) groups is 1. The lowest BCUT2D eigenvalue weighted by molar-refractivity contribution is 0.0986. The summed E-state index contributed by atoms with van der Waals surface area (Å²) in [7, 11) is 1.75. The molecular weight excluding hydrogens is 218 g/mol. The molecule has 0 radical (unpaired) electrons. The van der Waals surface area contributed by atoms with Crippen LogP contribution in [-0.2, 0) is 7.05 Å². The van der Waals surface area contributed by atoms with Gasteiger partial charge in [-0.1, -0.05) is 5.21 Å². The lowest BCUT2D eigenvalue weighted by Gasteiger charge is -2.19. The Kier molecular flexibility index (Phi) is 3.12. The summed E-state index contributed by atoms with van der Waals surface area (Å²) >= 11 is 3.58. The molecule has 1 unspecified atom stereocenters. The first kappa shape index (κ1) is 10.0. The highest BCUT2D eigenvalue weighted by atomic mass is 32.2. The minimum absolute atomic E-state index is 0.0888. The quantitative estimate of drug-likeness (QED) is 0.704. The predicted molar refractivity (Wildman–Crippen MR) is 58.9 cm³/mol. The van der Waals surface area contributed by atoms with E-state index in [0.717, 1.165) is 17.3 Å². The molecule has 2 rings (SSSR count). The second-order valence-corrected chi connectivity index (χ2v) is 5.50. The number of aryl methyl sites for hydroxylation is 1. The summed E-state index contributed by atoms with van der Waals surface area (Å²) in [5.74, 6) is 3.29. The van der Waals surface area contributed by atoms with Crippen LogP contribution in [0.5, 0.6) is 0 Å². The van der Waals surface area contributed by atoms with Crippen molar-refractivity contribution in [1.82, 2.24) is 15.0 Å². The SMILES string of the molecule is Cn1nncc1C(=O)C1CSCCS1. The number of thioether (sulfide) groups is 2. The zero-order chi connectivity index (χ0) is 9.97. The molecule has 14 heavy (non-hydrogen) atoms. The van der Waals surface area contributed by atoms with Gasteiger partial charge >= 0.3 is 0 Å². The fraction of sp³-hybridized carbons (Fsp3) is 0.625. The largest absolute Gasteiger partial charge is 0.291 e. The monoisotopic (exact) mass is 229 g/mol. The molecule has 0 aromatic carbocycles. The molecule has 0 bridgehead atoms. The van der Waals surface area contributed by atoms with Crippen molar-refractivity contribution >= 4 is 29.3 Å². The van der Waals surface area contributed by atoms with E-state index in [9.17, 15) is 4.79 Å². The molecule has 1 atom stereocenters. The van der Waals surface area contributed by atoms with E-state index in [4.69, 9.17) is 0 Å². The molecule has 1 saturated heterocycles. The summed E-state index contributed by atoms with van der Waals surface area (Å²) in [4.78, 5) is 11.9. The zero-order valence-corrected chi connectivity index (χ0v) is 9.48. The Morgan fingerprint density at radius 3 is 3.07 bits per heavy atom. The van der Waals surface area contributed by atoms with E-state index in [0.29, 0.717) is 5.69 Å². The number of rotatable bonds is 2. The van der Waals surface area contributed by atoms with Crippen molar-refractivity contribution in [3.8, 4) is 0 Å². The molecular formula is C8H11N3OS2. The van der Waals surface area contributed by atoms with Crippen LogP contribution in [0.4, 0.5) is 0 Å². The van der Waals surface area contributed by atoms with Gasteiger partial charge in [0, 0.05) is 24.3 Å². The molecule has 4 nitrogen and oxygen atoms in total. The second-order valence-electron chi connectivity index (χ2n) is 3.04. The molecule has 0 saturated carbocycles. The van der Waals surface area contributed by atoms with Gasteiger partial charge in [-0.2, -0.15) is 11.8 Å². The molecule has 1 aromatic heterocycles. The van der Waals surface area contributed by atoms with Crippen LogP contribution in [0.1, 0.15) is 10.5 Å². The molecule has 1 fully saturated rings. The van der Waals surface area contributed by atoms with E-state index in [1.165, 1.54) is 0 Å². The third kappa shape index (κ3) is 1.95. The first-order valence-corrected chi connectivity index (χ1v) is 6.57. The molecule has 0 N–H and O–H groups in total. The van der Waals surface area contributed by atoms with Gasteiger partial charge in [-0.15, -0.1) is 16.9 Å². The smallest absolute Gasteiger partial charge is 0.196 e. The van der Waals surface area contributed by atoms with Crippen LogP contribution in [0.2, 0.25) is 0 Å². The van der Waals surface area contributed by atoms with Gasteiger partial charge in [0.2, 0.25) is 0 Å². The van der Waals surface area contributed by atoms with Gasteiger partial charge in [-0.25, -0.2) is 4.68 Å².